The van der Waals surface area contributed by atoms with Crippen molar-refractivity contribution in [1.82, 2.24) is 0 Å². The number of fused-ring (bicyclic) bond motifs is 1. The molecule has 0 aliphatic rings. The molecule has 0 saturated heterocycles. The van der Waals surface area contributed by atoms with Gasteiger partial charge in [0.15, 0.2) is 0 Å². The van der Waals surface area contributed by atoms with Gasteiger partial charge in [-0.25, -0.2) is 0 Å². The van der Waals surface area contributed by atoms with Crippen LogP contribution in [0.15, 0.2) is 28.7 Å². The number of rotatable bonds is 0. The van der Waals surface area contributed by atoms with E-state index in [1.54, 1.807) is 6.07 Å². The Labute approximate surface area is 78.1 Å². The van der Waals surface area contributed by atoms with Crippen molar-refractivity contribution in [1.29, 1.82) is 0 Å². The zero-order valence-electron chi connectivity index (χ0n) is 7.06. The second kappa shape index (κ2) is 2.77. The van der Waals surface area contributed by atoms with Gasteiger partial charge >= 0.3 is 6.18 Å². The Morgan fingerprint density at radius 1 is 1.14 bits per heavy atom. The van der Waals surface area contributed by atoms with Crippen LogP contribution in [0.5, 0.6) is 0 Å². The van der Waals surface area contributed by atoms with Gasteiger partial charge in [0.25, 0.3) is 0 Å². The molecule has 2 rings (SSSR count). The smallest absolute Gasteiger partial charge is 0.416 e. The van der Waals surface area contributed by atoms with E-state index in [4.69, 9.17) is 4.42 Å². The molecular weight excluding hydrogens is 193 g/mol. The maximum absolute atomic E-state index is 12.3. The quantitative estimate of drug-likeness (QED) is 0.631. The highest BCUT2D eigenvalue weighted by Crippen LogP contribution is 2.32. The standard InChI is InChI=1S/C10H6F3O/c1-6-4-7-2-3-8(10(11,12)13)5-9(7)14-6/h2-5H,1H2. The van der Waals surface area contributed by atoms with Gasteiger partial charge in [-0.05, 0) is 18.2 Å². The molecule has 0 spiro atoms. The highest BCUT2D eigenvalue weighted by Gasteiger charge is 2.30. The number of furan rings is 1. The fourth-order valence-electron chi connectivity index (χ4n) is 1.26. The van der Waals surface area contributed by atoms with Crippen LogP contribution < -0.4 is 0 Å². The largest absolute Gasteiger partial charge is 0.461 e. The van der Waals surface area contributed by atoms with Crippen molar-refractivity contribution in [3.05, 3.63) is 42.5 Å². The van der Waals surface area contributed by atoms with Crippen molar-refractivity contribution >= 4 is 11.0 Å². The van der Waals surface area contributed by atoms with Crippen molar-refractivity contribution in [3.8, 4) is 0 Å². The summed E-state index contributed by atoms with van der Waals surface area (Å²) < 4.78 is 41.8. The summed E-state index contributed by atoms with van der Waals surface area (Å²) in [5.74, 6) is 0.360. The summed E-state index contributed by atoms with van der Waals surface area (Å²) in [4.78, 5) is 0. The second-order valence-electron chi connectivity index (χ2n) is 2.96. The highest BCUT2D eigenvalue weighted by molar-refractivity contribution is 5.78. The zero-order valence-corrected chi connectivity index (χ0v) is 7.06. The third-order valence-corrected chi connectivity index (χ3v) is 1.90. The van der Waals surface area contributed by atoms with Crippen molar-refractivity contribution in [2.75, 3.05) is 0 Å². The van der Waals surface area contributed by atoms with Crippen LogP contribution in [-0.4, -0.2) is 0 Å². The van der Waals surface area contributed by atoms with E-state index in [0.29, 0.717) is 11.1 Å². The summed E-state index contributed by atoms with van der Waals surface area (Å²) in [6.07, 6.45) is -4.33. The van der Waals surface area contributed by atoms with E-state index < -0.39 is 11.7 Å². The number of benzene rings is 1. The van der Waals surface area contributed by atoms with Gasteiger partial charge in [-0.15, -0.1) is 0 Å². The molecule has 1 nitrogen and oxygen atoms in total. The van der Waals surface area contributed by atoms with Crippen molar-refractivity contribution in [2.24, 2.45) is 0 Å². The van der Waals surface area contributed by atoms with E-state index in [0.717, 1.165) is 12.1 Å². The van der Waals surface area contributed by atoms with Crippen LogP contribution in [0.25, 0.3) is 11.0 Å². The summed E-state index contributed by atoms with van der Waals surface area (Å²) in [6, 6.07) is 4.97. The van der Waals surface area contributed by atoms with Gasteiger partial charge in [-0.3, -0.25) is 0 Å². The molecule has 1 radical (unpaired) electrons. The van der Waals surface area contributed by atoms with Gasteiger partial charge in [0.2, 0.25) is 0 Å². The van der Waals surface area contributed by atoms with Crippen LogP contribution in [-0.2, 0) is 6.18 Å². The Morgan fingerprint density at radius 3 is 2.50 bits per heavy atom. The second-order valence-corrected chi connectivity index (χ2v) is 2.96. The lowest BCUT2D eigenvalue weighted by molar-refractivity contribution is -0.137. The van der Waals surface area contributed by atoms with Gasteiger partial charge in [0.1, 0.15) is 11.3 Å². The topological polar surface area (TPSA) is 13.1 Å². The number of halogens is 3. The van der Waals surface area contributed by atoms with Crippen molar-refractivity contribution < 1.29 is 17.6 Å². The number of hydrogen-bond donors (Lipinski definition) is 0. The fourth-order valence-corrected chi connectivity index (χ4v) is 1.26. The van der Waals surface area contributed by atoms with Crippen LogP contribution in [0.4, 0.5) is 13.2 Å². The first-order valence-electron chi connectivity index (χ1n) is 3.89. The molecule has 0 bridgehead atoms. The molecule has 0 amide bonds. The maximum Gasteiger partial charge on any atom is 0.416 e. The first kappa shape index (κ1) is 9.12. The first-order valence-corrected chi connectivity index (χ1v) is 3.89. The number of alkyl halides is 3. The Hall–Kier alpha value is -1.45. The summed E-state index contributed by atoms with van der Waals surface area (Å²) in [5, 5.41) is 0.628. The van der Waals surface area contributed by atoms with Crippen LogP contribution >= 0.6 is 0 Å². The molecule has 1 heterocycles. The molecule has 73 valence electrons. The molecule has 0 fully saturated rings. The van der Waals surface area contributed by atoms with Gasteiger partial charge < -0.3 is 4.42 Å². The lowest BCUT2D eigenvalue weighted by Gasteiger charge is -2.04. The van der Waals surface area contributed by atoms with E-state index in [1.165, 1.54) is 6.07 Å². The SMILES string of the molecule is [CH2]c1cc2ccc(C(F)(F)F)cc2o1. The predicted molar refractivity (Wildman–Crippen MR) is 45.7 cm³/mol. The van der Waals surface area contributed by atoms with Crippen LogP contribution in [0.1, 0.15) is 11.3 Å². The molecule has 0 N–H and O–H groups in total. The molecule has 0 saturated carbocycles. The summed E-state index contributed by atoms with van der Waals surface area (Å²) in [6.45, 7) is 3.50. The maximum atomic E-state index is 12.3. The van der Waals surface area contributed by atoms with Gasteiger partial charge in [0.05, 0.1) is 5.56 Å². The Morgan fingerprint density at radius 2 is 1.86 bits per heavy atom. The lowest BCUT2D eigenvalue weighted by Crippen LogP contribution is -2.03. The fraction of sp³-hybridized carbons (Fsp3) is 0.100. The Balaban J connectivity index is 2.62. The molecule has 2 aromatic rings. The van der Waals surface area contributed by atoms with E-state index >= 15 is 0 Å². The predicted octanol–water partition coefficient (Wildman–Crippen LogP) is 3.63. The van der Waals surface area contributed by atoms with Crippen LogP contribution in [0.3, 0.4) is 0 Å². The molecule has 14 heavy (non-hydrogen) atoms. The molecule has 0 unspecified atom stereocenters. The van der Waals surface area contributed by atoms with Gasteiger partial charge in [-0.1, -0.05) is 6.07 Å². The van der Waals surface area contributed by atoms with Gasteiger partial charge in [-0.2, -0.15) is 13.2 Å². The molecule has 1 aromatic carbocycles. The normalized spacial score (nSPS) is 12.3. The third-order valence-electron chi connectivity index (χ3n) is 1.90. The van der Waals surface area contributed by atoms with Gasteiger partial charge in [0, 0.05) is 12.3 Å². The Kier molecular flexibility index (Phi) is 1.80. The van der Waals surface area contributed by atoms with Crippen LogP contribution in [0, 0.1) is 6.92 Å². The lowest BCUT2D eigenvalue weighted by atomic mass is 10.1. The van der Waals surface area contributed by atoms with Crippen LogP contribution in [0.2, 0.25) is 0 Å². The molecule has 0 aliphatic heterocycles. The Bertz CT molecular complexity index is 468. The van der Waals surface area contributed by atoms with Crippen molar-refractivity contribution in [3.63, 3.8) is 0 Å². The minimum atomic E-state index is -4.33. The number of hydrogen-bond acceptors (Lipinski definition) is 1. The monoisotopic (exact) mass is 199 g/mol. The van der Waals surface area contributed by atoms with E-state index in [9.17, 15) is 13.2 Å². The minimum absolute atomic E-state index is 0.213. The van der Waals surface area contributed by atoms with Crippen molar-refractivity contribution in [2.45, 2.75) is 6.18 Å². The zero-order chi connectivity index (χ0) is 10.3. The highest BCUT2D eigenvalue weighted by atomic mass is 19.4. The molecule has 0 atom stereocenters. The molecule has 4 heteroatoms. The summed E-state index contributed by atoms with van der Waals surface area (Å²) >= 11 is 0. The molecule has 1 aromatic heterocycles. The average molecular weight is 199 g/mol. The van der Waals surface area contributed by atoms with E-state index in [2.05, 4.69) is 6.92 Å². The first-order chi connectivity index (χ1) is 6.47. The summed E-state index contributed by atoms with van der Waals surface area (Å²) in [7, 11) is 0. The minimum Gasteiger partial charge on any atom is -0.461 e. The average Bonchev–Trinajstić information content (AvgIpc) is 2.41. The van der Waals surface area contributed by atoms with E-state index in [-0.39, 0.29) is 5.58 Å². The third kappa shape index (κ3) is 1.47. The van der Waals surface area contributed by atoms with E-state index in [1.807, 2.05) is 0 Å². The summed E-state index contributed by atoms with van der Waals surface area (Å²) in [5.41, 5.74) is -0.496. The molecular formula is C10H6F3O. The molecule has 0 aliphatic carbocycles.